The van der Waals surface area contributed by atoms with Crippen LogP contribution in [0.3, 0.4) is 0 Å². The zero-order chi connectivity index (χ0) is 25.4. The molecule has 11 heteroatoms. The average Bonchev–Trinajstić information content (AvgIpc) is 2.70. The minimum Gasteiger partial charge on any atom is -0.475 e. The van der Waals surface area contributed by atoms with Gasteiger partial charge >= 0.3 is 18.3 Å². The van der Waals surface area contributed by atoms with Crippen LogP contribution in [-0.2, 0) is 22.2 Å². The maximum absolute atomic E-state index is 12.8. The van der Waals surface area contributed by atoms with Gasteiger partial charge in [0.2, 0.25) is 5.91 Å². The maximum atomic E-state index is 12.8. The molecule has 1 atom stereocenters. The van der Waals surface area contributed by atoms with Gasteiger partial charge in [0.1, 0.15) is 6.04 Å². The van der Waals surface area contributed by atoms with Gasteiger partial charge in [-0.15, -0.1) is 0 Å². The summed E-state index contributed by atoms with van der Waals surface area (Å²) < 4.78 is 70.2. The number of nitrogens with two attached hydrogens (primary N) is 1. The van der Waals surface area contributed by atoms with Crippen LogP contribution in [0.5, 0.6) is 0 Å². The zero-order valence-electron chi connectivity index (χ0n) is 17.8. The highest BCUT2D eigenvalue weighted by Gasteiger charge is 2.38. The number of aliphatic carboxylic acids is 1. The summed E-state index contributed by atoms with van der Waals surface area (Å²) >= 11 is 0. The summed E-state index contributed by atoms with van der Waals surface area (Å²) in [6.45, 7) is 4.21. The molecule has 0 aliphatic rings. The number of carbonyl (C=O) groups is 2. The second-order valence-electron chi connectivity index (χ2n) is 7.37. The van der Waals surface area contributed by atoms with Crippen molar-refractivity contribution in [3.8, 4) is 0 Å². The molecule has 3 N–H and O–H groups in total. The second kappa shape index (κ2) is 11.6. The van der Waals surface area contributed by atoms with Crippen molar-refractivity contribution in [1.82, 2.24) is 0 Å². The number of amides is 1. The van der Waals surface area contributed by atoms with Crippen LogP contribution >= 0.6 is 0 Å². The van der Waals surface area contributed by atoms with E-state index in [1.54, 1.807) is 4.90 Å². The number of hydrogen-bond donors (Lipinski definition) is 2. The first-order valence-electron chi connectivity index (χ1n) is 9.71. The summed E-state index contributed by atoms with van der Waals surface area (Å²) in [5.41, 5.74) is 6.49. The van der Waals surface area contributed by atoms with E-state index in [-0.39, 0.29) is 5.92 Å². The monoisotopic (exact) mass is 478 g/mol. The van der Waals surface area contributed by atoms with Crippen LogP contribution in [0.15, 0.2) is 54.6 Å². The summed E-state index contributed by atoms with van der Waals surface area (Å²) in [4.78, 5) is 22.7. The van der Waals surface area contributed by atoms with Crippen molar-refractivity contribution in [2.75, 3.05) is 11.4 Å². The first-order chi connectivity index (χ1) is 15.1. The third kappa shape index (κ3) is 9.03. The fourth-order valence-corrected chi connectivity index (χ4v) is 3.01. The van der Waals surface area contributed by atoms with E-state index in [1.807, 2.05) is 44.2 Å². The third-order valence-electron chi connectivity index (χ3n) is 4.51. The second-order valence-corrected chi connectivity index (χ2v) is 7.37. The summed E-state index contributed by atoms with van der Waals surface area (Å²) in [5.74, 6) is -3.33. The Bertz CT molecular complexity index is 897. The van der Waals surface area contributed by atoms with Crippen molar-refractivity contribution < 1.29 is 41.0 Å². The van der Waals surface area contributed by atoms with Crippen molar-refractivity contribution in [3.05, 3.63) is 65.7 Å². The highest BCUT2D eigenvalue weighted by molar-refractivity contribution is 5.84. The lowest BCUT2D eigenvalue weighted by molar-refractivity contribution is -0.192. The number of carboxylic acid groups (broad SMARTS) is 1. The number of carbonyl (C=O) groups excluding carboxylic acids is 1. The van der Waals surface area contributed by atoms with E-state index in [9.17, 15) is 31.1 Å². The molecule has 2 rings (SSSR count). The Morgan fingerprint density at radius 2 is 1.42 bits per heavy atom. The molecule has 2 aromatic rings. The maximum Gasteiger partial charge on any atom is 0.490 e. The third-order valence-corrected chi connectivity index (χ3v) is 4.51. The molecule has 0 saturated carbocycles. The van der Waals surface area contributed by atoms with Gasteiger partial charge in [0, 0.05) is 12.2 Å². The van der Waals surface area contributed by atoms with Gasteiger partial charge in [-0.05, 0) is 42.2 Å². The Kier molecular flexibility index (Phi) is 9.75. The van der Waals surface area contributed by atoms with Gasteiger partial charge in [-0.2, -0.15) is 26.3 Å². The van der Waals surface area contributed by atoms with Gasteiger partial charge in [-0.25, -0.2) is 4.79 Å². The van der Waals surface area contributed by atoms with Crippen LogP contribution in [0.1, 0.15) is 25.0 Å². The number of rotatable bonds is 7. The molecular formula is C22H24F6N2O3. The van der Waals surface area contributed by atoms with Crippen LogP contribution in [0, 0.1) is 5.92 Å². The van der Waals surface area contributed by atoms with E-state index >= 15 is 0 Å². The fourth-order valence-electron chi connectivity index (χ4n) is 3.01. The molecule has 2 aromatic carbocycles. The highest BCUT2D eigenvalue weighted by Crippen LogP contribution is 2.31. The molecule has 33 heavy (non-hydrogen) atoms. The molecule has 0 radical (unpaired) electrons. The van der Waals surface area contributed by atoms with E-state index in [1.165, 1.54) is 12.1 Å². The number of benzene rings is 2. The molecule has 0 aliphatic heterocycles. The first kappa shape index (κ1) is 27.8. The fraction of sp³-hybridized carbons (Fsp3) is 0.364. The summed E-state index contributed by atoms with van der Waals surface area (Å²) in [6, 6.07) is 14.0. The number of alkyl halides is 6. The van der Waals surface area contributed by atoms with Crippen LogP contribution < -0.4 is 10.6 Å². The van der Waals surface area contributed by atoms with Gasteiger partial charge in [0.15, 0.2) is 0 Å². The van der Waals surface area contributed by atoms with E-state index in [0.717, 1.165) is 17.7 Å². The van der Waals surface area contributed by atoms with Gasteiger partial charge in [-0.3, -0.25) is 4.79 Å². The minimum atomic E-state index is -5.08. The van der Waals surface area contributed by atoms with Crippen molar-refractivity contribution in [2.24, 2.45) is 11.7 Å². The lowest BCUT2D eigenvalue weighted by Crippen LogP contribution is -2.49. The number of primary amides is 1. The smallest absolute Gasteiger partial charge is 0.475 e. The van der Waals surface area contributed by atoms with Crippen molar-refractivity contribution in [1.29, 1.82) is 0 Å². The molecule has 0 saturated heterocycles. The number of hydrogen-bond acceptors (Lipinski definition) is 3. The van der Waals surface area contributed by atoms with E-state index in [2.05, 4.69) is 0 Å². The van der Waals surface area contributed by atoms with Crippen molar-refractivity contribution in [2.45, 2.75) is 38.7 Å². The zero-order valence-corrected chi connectivity index (χ0v) is 17.8. The van der Waals surface area contributed by atoms with Gasteiger partial charge in [0.05, 0.1) is 5.56 Å². The van der Waals surface area contributed by atoms with Gasteiger partial charge in [-0.1, -0.05) is 44.2 Å². The molecule has 0 bridgehead atoms. The molecule has 0 aliphatic carbocycles. The standard InChI is InChI=1S/C20H23F3N2O.C2HF3O2/c1-14(2)18(19(24)26)25(13-12-15-6-4-3-5-7-15)17-10-8-16(9-11-17)20(21,22)23;3-2(4,5)1(6)7/h3-11,14,18H,12-13H2,1-2H3,(H2,24,26);(H,6,7)/t18-;/m1./s1. The Labute approximate surface area is 186 Å². The predicted molar refractivity (Wildman–Crippen MR) is 110 cm³/mol. The van der Waals surface area contributed by atoms with E-state index in [0.29, 0.717) is 18.7 Å². The number of nitrogens with zero attached hydrogens (tertiary/aromatic N) is 1. The normalized spacial score (nSPS) is 12.5. The molecular weight excluding hydrogens is 454 g/mol. The van der Waals surface area contributed by atoms with Crippen LogP contribution in [0.2, 0.25) is 0 Å². The molecule has 0 unspecified atom stereocenters. The van der Waals surface area contributed by atoms with Crippen molar-refractivity contribution >= 4 is 17.6 Å². The molecule has 1 amide bonds. The van der Waals surface area contributed by atoms with Gasteiger partial charge < -0.3 is 15.7 Å². The SMILES string of the molecule is CC(C)[C@H](C(N)=O)N(CCc1ccccc1)c1ccc(C(F)(F)F)cc1.O=C(O)C(F)(F)F. The molecule has 0 heterocycles. The van der Waals surface area contributed by atoms with Crippen LogP contribution in [0.4, 0.5) is 32.0 Å². The molecule has 0 fully saturated rings. The Balaban J connectivity index is 0.000000675. The summed E-state index contributed by atoms with van der Waals surface area (Å²) in [7, 11) is 0. The van der Waals surface area contributed by atoms with Crippen LogP contribution in [0.25, 0.3) is 0 Å². The van der Waals surface area contributed by atoms with E-state index < -0.39 is 35.8 Å². The predicted octanol–water partition coefficient (Wildman–Crippen LogP) is 4.90. The summed E-state index contributed by atoms with van der Waals surface area (Å²) in [6.07, 6.45) is -8.83. The van der Waals surface area contributed by atoms with Gasteiger partial charge in [0.25, 0.3) is 0 Å². The molecule has 0 spiro atoms. The van der Waals surface area contributed by atoms with Crippen molar-refractivity contribution in [3.63, 3.8) is 0 Å². The molecule has 5 nitrogen and oxygen atoms in total. The lowest BCUT2D eigenvalue weighted by Gasteiger charge is -2.34. The minimum absolute atomic E-state index is 0.0782. The topological polar surface area (TPSA) is 83.6 Å². The Morgan fingerprint density at radius 3 is 1.79 bits per heavy atom. The number of carboxylic acids is 1. The number of halogens is 6. The first-order valence-corrected chi connectivity index (χ1v) is 9.71. The highest BCUT2D eigenvalue weighted by atomic mass is 19.4. The Morgan fingerprint density at radius 1 is 0.939 bits per heavy atom. The molecule has 182 valence electrons. The Hall–Kier alpha value is -3.24. The molecule has 0 aromatic heterocycles. The lowest BCUT2D eigenvalue weighted by atomic mass is 9.99. The largest absolute Gasteiger partial charge is 0.490 e. The van der Waals surface area contributed by atoms with Crippen LogP contribution in [-0.4, -0.2) is 35.7 Å². The van der Waals surface area contributed by atoms with E-state index in [4.69, 9.17) is 15.6 Å². The average molecular weight is 478 g/mol. The quantitative estimate of drug-likeness (QED) is 0.555. The summed E-state index contributed by atoms with van der Waals surface area (Å²) in [5, 5.41) is 7.12. The number of anilines is 1.